The Morgan fingerprint density at radius 3 is 2.57 bits per heavy atom. The topological polar surface area (TPSA) is 80.3 Å². The first-order valence-corrected chi connectivity index (χ1v) is 9.74. The molecule has 0 saturated heterocycles. The lowest BCUT2D eigenvalue weighted by Crippen LogP contribution is -2.47. The van der Waals surface area contributed by atoms with Gasteiger partial charge in [0.15, 0.2) is 0 Å². The second kappa shape index (κ2) is 9.66. The van der Waals surface area contributed by atoms with Crippen molar-refractivity contribution in [1.82, 2.24) is 15.6 Å². The van der Waals surface area contributed by atoms with Crippen LogP contribution in [0.15, 0.2) is 65.5 Å². The van der Waals surface area contributed by atoms with Gasteiger partial charge in [-0.15, -0.1) is 11.3 Å². The number of carbonyl (C=O) groups is 2. The molecule has 0 radical (unpaired) electrons. The van der Waals surface area contributed by atoms with Crippen molar-refractivity contribution in [2.45, 2.75) is 19.0 Å². The molecule has 0 aliphatic rings. The summed E-state index contributed by atoms with van der Waals surface area (Å²) in [5, 5.41) is 7.56. The molecule has 0 fully saturated rings. The number of thiazole rings is 1. The summed E-state index contributed by atoms with van der Waals surface area (Å²) in [5.74, 6) is -0.163. The van der Waals surface area contributed by atoms with Crippen LogP contribution in [0.2, 0.25) is 0 Å². The van der Waals surface area contributed by atoms with E-state index in [0.29, 0.717) is 24.3 Å². The van der Waals surface area contributed by atoms with Gasteiger partial charge < -0.3 is 15.4 Å². The maximum atomic E-state index is 12.8. The molecule has 0 unspecified atom stereocenters. The quantitative estimate of drug-likeness (QED) is 0.615. The monoisotopic (exact) mass is 395 g/mol. The first-order chi connectivity index (χ1) is 13.7. The van der Waals surface area contributed by atoms with Crippen molar-refractivity contribution in [2.75, 3.05) is 7.11 Å². The highest BCUT2D eigenvalue weighted by molar-refractivity contribution is 7.07. The van der Waals surface area contributed by atoms with Crippen LogP contribution in [-0.2, 0) is 17.8 Å². The molecular formula is C21H21N3O3S. The third-order valence-electron chi connectivity index (χ3n) is 4.18. The van der Waals surface area contributed by atoms with Crippen molar-refractivity contribution in [3.8, 4) is 5.75 Å². The highest BCUT2D eigenvalue weighted by Gasteiger charge is 2.23. The fourth-order valence-corrected chi connectivity index (χ4v) is 3.31. The highest BCUT2D eigenvalue weighted by atomic mass is 32.1. The van der Waals surface area contributed by atoms with Gasteiger partial charge in [0, 0.05) is 11.8 Å². The van der Waals surface area contributed by atoms with Crippen LogP contribution >= 0.6 is 11.3 Å². The lowest BCUT2D eigenvalue weighted by molar-refractivity contribution is -0.123. The number of nitrogens with zero attached hydrogens (tertiary/aromatic N) is 1. The Balaban J connectivity index is 1.74. The van der Waals surface area contributed by atoms with E-state index in [9.17, 15) is 9.59 Å². The number of ether oxygens (including phenoxy) is 1. The Labute approximate surface area is 167 Å². The predicted molar refractivity (Wildman–Crippen MR) is 108 cm³/mol. The number of para-hydroxylation sites is 1. The van der Waals surface area contributed by atoms with Crippen molar-refractivity contribution in [2.24, 2.45) is 0 Å². The van der Waals surface area contributed by atoms with Crippen LogP contribution in [-0.4, -0.2) is 29.9 Å². The van der Waals surface area contributed by atoms with Crippen molar-refractivity contribution in [3.05, 3.63) is 82.3 Å². The van der Waals surface area contributed by atoms with Gasteiger partial charge in [0.1, 0.15) is 11.8 Å². The molecule has 0 aliphatic heterocycles. The van der Waals surface area contributed by atoms with Crippen molar-refractivity contribution in [1.29, 1.82) is 0 Å². The fraction of sp³-hybridized carbons (Fsp3) is 0.190. The predicted octanol–water partition coefficient (Wildman–Crippen LogP) is 2.81. The van der Waals surface area contributed by atoms with Crippen LogP contribution in [0.25, 0.3) is 0 Å². The summed E-state index contributed by atoms with van der Waals surface area (Å²) in [4.78, 5) is 29.7. The van der Waals surface area contributed by atoms with E-state index in [1.165, 1.54) is 18.4 Å². The van der Waals surface area contributed by atoms with Gasteiger partial charge in [-0.3, -0.25) is 9.59 Å². The van der Waals surface area contributed by atoms with Crippen molar-refractivity contribution >= 4 is 23.2 Å². The molecule has 3 rings (SSSR count). The number of rotatable bonds is 8. The number of hydrogen-bond donors (Lipinski definition) is 2. The molecule has 1 aromatic heterocycles. The first-order valence-electron chi connectivity index (χ1n) is 8.80. The Morgan fingerprint density at radius 1 is 1.11 bits per heavy atom. The zero-order valence-corrected chi connectivity index (χ0v) is 16.2. The largest absolute Gasteiger partial charge is 0.496 e. The van der Waals surface area contributed by atoms with Crippen LogP contribution in [0.4, 0.5) is 0 Å². The maximum Gasteiger partial charge on any atom is 0.255 e. The van der Waals surface area contributed by atoms with Gasteiger partial charge in [-0.25, -0.2) is 4.98 Å². The van der Waals surface area contributed by atoms with Gasteiger partial charge in [-0.2, -0.15) is 0 Å². The first kappa shape index (κ1) is 19.6. The zero-order chi connectivity index (χ0) is 19.8. The minimum Gasteiger partial charge on any atom is -0.496 e. The summed E-state index contributed by atoms with van der Waals surface area (Å²) in [6.45, 7) is 0.318. The molecule has 1 atom stereocenters. The molecule has 28 heavy (non-hydrogen) atoms. The zero-order valence-electron chi connectivity index (χ0n) is 15.4. The molecule has 0 saturated carbocycles. The Morgan fingerprint density at radius 2 is 1.86 bits per heavy atom. The van der Waals surface area contributed by atoms with Crippen LogP contribution in [0, 0.1) is 0 Å². The normalized spacial score (nSPS) is 11.5. The minimum absolute atomic E-state index is 0.264. The molecular weight excluding hydrogens is 374 g/mol. The van der Waals surface area contributed by atoms with Crippen molar-refractivity contribution in [3.63, 3.8) is 0 Å². The van der Waals surface area contributed by atoms with E-state index >= 15 is 0 Å². The maximum absolute atomic E-state index is 12.8. The van der Waals surface area contributed by atoms with E-state index in [2.05, 4.69) is 15.6 Å². The highest BCUT2D eigenvalue weighted by Crippen LogP contribution is 2.17. The second-order valence-electron chi connectivity index (χ2n) is 6.11. The second-order valence-corrected chi connectivity index (χ2v) is 6.83. The molecule has 7 heteroatoms. The molecule has 2 aromatic carbocycles. The average molecular weight is 395 g/mol. The molecule has 144 valence electrons. The van der Waals surface area contributed by atoms with E-state index in [0.717, 1.165) is 11.3 Å². The lowest BCUT2D eigenvalue weighted by atomic mass is 10.0. The molecule has 2 N–H and O–H groups in total. The summed E-state index contributed by atoms with van der Waals surface area (Å²) < 4.78 is 5.25. The third-order valence-corrected chi connectivity index (χ3v) is 4.82. The fourth-order valence-electron chi connectivity index (χ4n) is 2.75. The number of benzene rings is 2. The minimum atomic E-state index is -0.724. The number of methoxy groups -OCH3 is 1. The van der Waals surface area contributed by atoms with Crippen LogP contribution in [0.5, 0.6) is 5.75 Å². The number of amides is 2. The van der Waals surface area contributed by atoms with E-state index in [1.54, 1.807) is 29.8 Å². The molecule has 2 amide bonds. The smallest absolute Gasteiger partial charge is 0.255 e. The van der Waals surface area contributed by atoms with Crippen LogP contribution in [0.1, 0.15) is 21.6 Å². The van der Waals surface area contributed by atoms with Gasteiger partial charge in [0.2, 0.25) is 5.91 Å². The summed E-state index contributed by atoms with van der Waals surface area (Å²) >= 11 is 1.47. The number of aromatic nitrogens is 1. The molecule has 6 nitrogen and oxygen atoms in total. The van der Waals surface area contributed by atoms with Gasteiger partial charge >= 0.3 is 0 Å². The SMILES string of the molecule is COc1ccccc1C(=O)N[C@@H](Cc1ccccc1)C(=O)NCc1cscn1. The molecule has 0 aliphatic carbocycles. The Bertz CT molecular complexity index is 914. The summed E-state index contributed by atoms with van der Waals surface area (Å²) in [6.07, 6.45) is 0.380. The van der Waals surface area contributed by atoms with E-state index in [4.69, 9.17) is 4.74 Å². The molecule has 3 aromatic rings. The van der Waals surface area contributed by atoms with Crippen LogP contribution < -0.4 is 15.4 Å². The van der Waals surface area contributed by atoms with E-state index < -0.39 is 6.04 Å². The molecule has 1 heterocycles. The average Bonchev–Trinajstić information content (AvgIpc) is 3.26. The molecule has 0 bridgehead atoms. The third kappa shape index (κ3) is 5.17. The van der Waals surface area contributed by atoms with Gasteiger partial charge in [0.05, 0.1) is 30.4 Å². The number of nitrogens with one attached hydrogen (secondary N) is 2. The standard InChI is InChI=1S/C21H21N3O3S/c1-27-19-10-6-5-9-17(19)20(25)24-18(11-15-7-3-2-4-8-15)21(26)22-12-16-13-28-14-23-16/h2-10,13-14,18H,11-12H2,1H3,(H,22,26)(H,24,25)/t18-/m0/s1. The number of hydrogen-bond acceptors (Lipinski definition) is 5. The summed E-state index contributed by atoms with van der Waals surface area (Å²) in [7, 11) is 1.51. The molecule has 0 spiro atoms. The lowest BCUT2D eigenvalue weighted by Gasteiger charge is -2.19. The summed E-state index contributed by atoms with van der Waals surface area (Å²) in [5.41, 5.74) is 3.84. The van der Waals surface area contributed by atoms with Crippen molar-refractivity contribution < 1.29 is 14.3 Å². The Kier molecular flexibility index (Phi) is 6.75. The Hall–Kier alpha value is -3.19. The van der Waals surface area contributed by atoms with E-state index in [1.807, 2.05) is 35.7 Å². The summed E-state index contributed by atoms with van der Waals surface area (Å²) in [6, 6.07) is 15.8. The van der Waals surface area contributed by atoms with E-state index in [-0.39, 0.29) is 11.8 Å². The van der Waals surface area contributed by atoms with Gasteiger partial charge in [0.25, 0.3) is 5.91 Å². The van der Waals surface area contributed by atoms with Crippen LogP contribution in [0.3, 0.4) is 0 Å². The number of carbonyl (C=O) groups excluding carboxylic acids is 2. The van der Waals surface area contributed by atoms with Gasteiger partial charge in [-0.1, -0.05) is 42.5 Å². The van der Waals surface area contributed by atoms with Gasteiger partial charge in [-0.05, 0) is 17.7 Å².